The highest BCUT2D eigenvalue weighted by Gasteiger charge is 2.32. The minimum Gasteiger partial charge on any atom is -0.480 e. The molecular formula is C18H16Cl2N2O4. The van der Waals surface area contributed by atoms with Crippen LogP contribution in [0.2, 0.25) is 10.0 Å². The zero-order valence-electron chi connectivity index (χ0n) is 13.7. The predicted octanol–water partition coefficient (Wildman–Crippen LogP) is 4.26. The van der Waals surface area contributed by atoms with Crippen molar-refractivity contribution in [3.63, 3.8) is 0 Å². The van der Waals surface area contributed by atoms with Crippen LogP contribution in [0, 0.1) is 0 Å². The Kier molecular flexibility index (Phi) is 5.64. The maximum absolute atomic E-state index is 12.6. The van der Waals surface area contributed by atoms with E-state index in [9.17, 15) is 14.7 Å². The third-order valence-electron chi connectivity index (χ3n) is 4.16. The average molecular weight is 395 g/mol. The van der Waals surface area contributed by atoms with Gasteiger partial charge in [-0.05, 0) is 37.5 Å². The molecule has 1 aliphatic heterocycles. The standard InChI is InChI=1S/C18H16Cl2N2O4/c19-12-4-3-6-14(16(12)20)26-15-8-7-11(10-21-15)17(23)22-9-2-1-5-13(22)18(24)25/h3-4,6-8,10,13H,1-2,5,9H2,(H,24,25). The maximum Gasteiger partial charge on any atom is 0.326 e. The zero-order valence-corrected chi connectivity index (χ0v) is 15.2. The van der Waals surface area contributed by atoms with Crippen molar-refractivity contribution in [1.82, 2.24) is 9.88 Å². The van der Waals surface area contributed by atoms with E-state index in [-0.39, 0.29) is 16.8 Å². The van der Waals surface area contributed by atoms with Gasteiger partial charge in [0.1, 0.15) is 16.8 Å². The first-order chi connectivity index (χ1) is 12.5. The Morgan fingerprint density at radius 1 is 1.19 bits per heavy atom. The molecule has 8 heteroatoms. The summed E-state index contributed by atoms with van der Waals surface area (Å²) < 4.78 is 5.58. The van der Waals surface area contributed by atoms with Crippen LogP contribution < -0.4 is 4.74 Å². The number of hydrogen-bond donors (Lipinski definition) is 1. The molecule has 0 bridgehead atoms. The summed E-state index contributed by atoms with van der Waals surface area (Å²) in [5, 5.41) is 9.94. The van der Waals surface area contributed by atoms with Crippen LogP contribution in [-0.2, 0) is 4.79 Å². The lowest BCUT2D eigenvalue weighted by atomic mass is 10.0. The molecule has 1 saturated heterocycles. The van der Waals surface area contributed by atoms with Crippen LogP contribution >= 0.6 is 23.2 Å². The Hall–Kier alpha value is -2.31. The van der Waals surface area contributed by atoms with Gasteiger partial charge in [-0.2, -0.15) is 0 Å². The number of halogens is 2. The van der Waals surface area contributed by atoms with Crippen LogP contribution in [0.25, 0.3) is 0 Å². The first kappa shape index (κ1) is 18.5. The normalized spacial score (nSPS) is 17.0. The number of pyridine rings is 1. The topological polar surface area (TPSA) is 79.7 Å². The number of carbonyl (C=O) groups is 2. The number of hydrogen-bond acceptors (Lipinski definition) is 4. The second-order valence-electron chi connectivity index (χ2n) is 5.89. The number of carboxylic acids is 1. The van der Waals surface area contributed by atoms with Gasteiger partial charge in [-0.25, -0.2) is 9.78 Å². The van der Waals surface area contributed by atoms with E-state index in [1.165, 1.54) is 17.2 Å². The van der Waals surface area contributed by atoms with Gasteiger partial charge < -0.3 is 14.7 Å². The molecule has 1 aliphatic rings. The molecule has 1 N–H and O–H groups in total. The Balaban J connectivity index is 1.75. The summed E-state index contributed by atoms with van der Waals surface area (Å²) in [5.41, 5.74) is 0.308. The number of aliphatic carboxylic acids is 1. The van der Waals surface area contributed by atoms with E-state index in [1.54, 1.807) is 24.3 Å². The van der Waals surface area contributed by atoms with E-state index in [2.05, 4.69) is 4.98 Å². The van der Waals surface area contributed by atoms with Gasteiger partial charge in [-0.1, -0.05) is 29.3 Å². The Labute approximate surface area is 160 Å². The third kappa shape index (κ3) is 3.92. The fraction of sp³-hybridized carbons (Fsp3) is 0.278. The number of likely N-dealkylation sites (tertiary alicyclic amines) is 1. The number of carboxylic acid groups (broad SMARTS) is 1. The molecule has 1 aromatic heterocycles. The minimum atomic E-state index is -0.985. The van der Waals surface area contributed by atoms with Crippen molar-refractivity contribution >= 4 is 35.1 Å². The van der Waals surface area contributed by atoms with Crippen molar-refractivity contribution in [3.8, 4) is 11.6 Å². The summed E-state index contributed by atoms with van der Waals surface area (Å²) in [4.78, 5) is 29.5. The molecule has 6 nitrogen and oxygen atoms in total. The summed E-state index contributed by atoms with van der Waals surface area (Å²) in [7, 11) is 0. The first-order valence-corrected chi connectivity index (χ1v) is 8.84. The van der Waals surface area contributed by atoms with Gasteiger partial charge in [0.05, 0.1) is 10.6 Å². The van der Waals surface area contributed by atoms with Gasteiger partial charge in [-0.15, -0.1) is 0 Å². The van der Waals surface area contributed by atoms with Crippen molar-refractivity contribution in [1.29, 1.82) is 0 Å². The second kappa shape index (κ2) is 7.93. The highest BCUT2D eigenvalue weighted by Crippen LogP contribution is 2.34. The first-order valence-electron chi connectivity index (χ1n) is 8.09. The van der Waals surface area contributed by atoms with Crippen LogP contribution in [0.4, 0.5) is 0 Å². The number of carbonyl (C=O) groups excluding carboxylic acids is 1. The lowest BCUT2D eigenvalue weighted by Gasteiger charge is -2.32. The van der Waals surface area contributed by atoms with E-state index in [1.807, 2.05) is 0 Å². The van der Waals surface area contributed by atoms with E-state index in [0.717, 1.165) is 12.8 Å². The molecule has 0 radical (unpaired) electrons. The molecule has 0 aliphatic carbocycles. The molecule has 1 amide bonds. The molecule has 1 aromatic carbocycles. The van der Waals surface area contributed by atoms with Gasteiger partial charge in [0, 0.05) is 18.8 Å². The smallest absolute Gasteiger partial charge is 0.326 e. The average Bonchev–Trinajstić information content (AvgIpc) is 2.65. The third-order valence-corrected chi connectivity index (χ3v) is 4.96. The molecule has 136 valence electrons. The molecular weight excluding hydrogens is 379 g/mol. The van der Waals surface area contributed by atoms with Gasteiger partial charge in [0.2, 0.25) is 5.88 Å². The molecule has 26 heavy (non-hydrogen) atoms. The van der Waals surface area contributed by atoms with Gasteiger partial charge >= 0.3 is 5.97 Å². The number of rotatable bonds is 4. The fourth-order valence-electron chi connectivity index (χ4n) is 2.84. The highest BCUT2D eigenvalue weighted by molar-refractivity contribution is 6.42. The van der Waals surface area contributed by atoms with Crippen molar-refractivity contribution in [3.05, 3.63) is 52.1 Å². The van der Waals surface area contributed by atoms with E-state index < -0.39 is 12.0 Å². The molecule has 0 saturated carbocycles. The molecule has 2 heterocycles. The second-order valence-corrected chi connectivity index (χ2v) is 6.67. The summed E-state index contributed by atoms with van der Waals surface area (Å²) in [6.45, 7) is 0.423. The van der Waals surface area contributed by atoms with Crippen molar-refractivity contribution in [2.45, 2.75) is 25.3 Å². The summed E-state index contributed by atoms with van der Waals surface area (Å²) in [5.74, 6) is -0.731. The number of nitrogens with zero attached hydrogens (tertiary/aromatic N) is 2. The van der Waals surface area contributed by atoms with Crippen LogP contribution in [0.3, 0.4) is 0 Å². The summed E-state index contributed by atoms with van der Waals surface area (Å²) in [6.07, 6.45) is 3.41. The van der Waals surface area contributed by atoms with E-state index in [4.69, 9.17) is 27.9 Å². The van der Waals surface area contributed by atoms with Gasteiger partial charge in [0.25, 0.3) is 5.91 Å². The number of amides is 1. The van der Waals surface area contributed by atoms with Crippen LogP contribution in [0.15, 0.2) is 36.5 Å². The maximum atomic E-state index is 12.6. The molecule has 1 unspecified atom stereocenters. The highest BCUT2D eigenvalue weighted by atomic mass is 35.5. The van der Waals surface area contributed by atoms with Crippen LogP contribution in [0.5, 0.6) is 11.6 Å². The number of benzene rings is 1. The van der Waals surface area contributed by atoms with Gasteiger partial charge in [0.15, 0.2) is 0 Å². The zero-order chi connectivity index (χ0) is 18.7. The van der Waals surface area contributed by atoms with Crippen molar-refractivity contribution in [2.75, 3.05) is 6.54 Å². The Morgan fingerprint density at radius 3 is 2.69 bits per heavy atom. The lowest BCUT2D eigenvalue weighted by Crippen LogP contribution is -2.48. The van der Waals surface area contributed by atoms with Gasteiger partial charge in [-0.3, -0.25) is 4.79 Å². The fourth-order valence-corrected chi connectivity index (χ4v) is 3.17. The van der Waals surface area contributed by atoms with Crippen molar-refractivity contribution < 1.29 is 19.4 Å². The molecule has 1 atom stereocenters. The molecule has 1 fully saturated rings. The largest absolute Gasteiger partial charge is 0.480 e. The minimum absolute atomic E-state index is 0.249. The molecule has 3 rings (SSSR count). The van der Waals surface area contributed by atoms with Crippen molar-refractivity contribution in [2.24, 2.45) is 0 Å². The molecule has 0 spiro atoms. The lowest BCUT2D eigenvalue weighted by molar-refractivity contribution is -0.143. The number of piperidine rings is 1. The van der Waals surface area contributed by atoms with E-state index >= 15 is 0 Å². The number of aromatic nitrogens is 1. The molecule has 2 aromatic rings. The Morgan fingerprint density at radius 2 is 2.00 bits per heavy atom. The SMILES string of the molecule is O=C(O)C1CCCCN1C(=O)c1ccc(Oc2cccc(Cl)c2Cl)nc1. The van der Waals surface area contributed by atoms with E-state index in [0.29, 0.717) is 29.3 Å². The predicted molar refractivity (Wildman–Crippen MR) is 97.1 cm³/mol. The monoisotopic (exact) mass is 394 g/mol. The number of ether oxygens (including phenoxy) is 1. The summed E-state index contributed by atoms with van der Waals surface area (Å²) in [6, 6.07) is 7.28. The summed E-state index contributed by atoms with van der Waals surface area (Å²) >= 11 is 12.0. The quantitative estimate of drug-likeness (QED) is 0.837. The van der Waals surface area contributed by atoms with Crippen LogP contribution in [-0.4, -0.2) is 39.5 Å². The Bertz CT molecular complexity index is 826. The van der Waals surface area contributed by atoms with Crippen LogP contribution in [0.1, 0.15) is 29.6 Å².